The molecule has 0 aliphatic rings. The van der Waals surface area contributed by atoms with Crippen molar-refractivity contribution >= 4 is 87.2 Å². The van der Waals surface area contributed by atoms with Crippen molar-refractivity contribution in [2.45, 2.75) is 33.9 Å². The summed E-state index contributed by atoms with van der Waals surface area (Å²) in [5.74, 6) is 0. The summed E-state index contributed by atoms with van der Waals surface area (Å²) in [6.07, 6.45) is -4.67. The van der Waals surface area contributed by atoms with Crippen LogP contribution in [0.15, 0.2) is 243 Å². The van der Waals surface area contributed by atoms with Crippen LogP contribution in [-0.4, -0.2) is 18.3 Å². The van der Waals surface area contributed by atoms with Crippen LogP contribution < -0.4 is 0 Å². The smallest absolute Gasteiger partial charge is 0.307 e. The average molecular weight is 1170 g/mol. The number of fused-ring (bicyclic) bond motifs is 12. The Morgan fingerprint density at radius 3 is 0.944 bits per heavy atom. The maximum atomic E-state index is 15.2. The second kappa shape index (κ2) is 21.2. The van der Waals surface area contributed by atoms with E-state index in [4.69, 9.17) is 0 Å². The Morgan fingerprint density at radius 1 is 0.300 bits per heavy atom. The maximum absolute atomic E-state index is 15.2. The van der Waals surface area contributed by atoms with Gasteiger partial charge in [-0.05, 0) is 164 Å². The molecule has 0 amide bonds. The summed E-state index contributed by atoms with van der Waals surface area (Å²) >= 11 is 0. The van der Waals surface area contributed by atoms with E-state index in [0.29, 0.717) is 33.6 Å². The molecule has 428 valence electrons. The molecule has 0 spiro atoms. The minimum atomic E-state index is -4.67. The van der Waals surface area contributed by atoms with Gasteiger partial charge in [0, 0.05) is 48.7 Å². The van der Waals surface area contributed by atoms with Crippen molar-refractivity contribution in [1.29, 1.82) is 15.8 Å². The second-order valence-electron chi connectivity index (χ2n) is 23.1. The molecule has 0 radical (unpaired) electrons. The van der Waals surface area contributed by atoms with Crippen molar-refractivity contribution in [3.8, 4) is 63.2 Å². The molecule has 7 nitrogen and oxygen atoms in total. The topological polar surface area (TPSA) is 91.1 Å². The number of halogens is 3. The van der Waals surface area contributed by atoms with Crippen LogP contribution in [0.4, 0.5) is 13.2 Å². The molecule has 0 saturated heterocycles. The molecular weight excluding hydrogens is 1120 g/mol. The van der Waals surface area contributed by atoms with E-state index in [0.717, 1.165) is 99.3 Å². The molecule has 0 unspecified atom stereocenters. The Bertz CT molecular complexity index is 5830. The third-order valence-corrected chi connectivity index (χ3v) is 17.8. The predicted octanol–water partition coefficient (Wildman–Crippen LogP) is 21.0. The number of aromatic nitrogens is 4. The van der Waals surface area contributed by atoms with Crippen LogP contribution in [-0.2, 0) is 6.18 Å². The quantitative estimate of drug-likeness (QED) is 0.166. The van der Waals surface area contributed by atoms with Gasteiger partial charge in [0.1, 0.15) is 0 Å². The number of hydrogen-bond donors (Lipinski definition) is 0. The van der Waals surface area contributed by atoms with E-state index in [-0.39, 0.29) is 5.56 Å². The highest BCUT2D eigenvalue weighted by Crippen LogP contribution is 2.47. The first-order chi connectivity index (χ1) is 43.8. The van der Waals surface area contributed by atoms with Crippen molar-refractivity contribution in [2.24, 2.45) is 0 Å². The summed E-state index contributed by atoms with van der Waals surface area (Å²) in [5.41, 5.74) is 17.8. The Hall–Kier alpha value is -11.9. The number of nitriles is 3. The first-order valence-electron chi connectivity index (χ1n) is 29.7. The molecular formula is C80H52F3N7. The molecule has 10 heteroatoms. The van der Waals surface area contributed by atoms with E-state index >= 15 is 13.2 Å². The zero-order valence-electron chi connectivity index (χ0n) is 49.4. The minimum absolute atomic E-state index is 0.0129. The predicted molar refractivity (Wildman–Crippen MR) is 359 cm³/mol. The number of aryl methyl sites for hydroxylation is 4. The van der Waals surface area contributed by atoms with Gasteiger partial charge in [-0.2, -0.15) is 29.0 Å². The molecule has 0 aliphatic heterocycles. The van der Waals surface area contributed by atoms with Gasteiger partial charge in [0.05, 0.1) is 107 Å². The van der Waals surface area contributed by atoms with Gasteiger partial charge in [0.25, 0.3) is 0 Å². The second-order valence-corrected chi connectivity index (χ2v) is 23.1. The molecule has 16 aromatic rings. The molecule has 4 heterocycles. The van der Waals surface area contributed by atoms with Crippen molar-refractivity contribution < 1.29 is 13.2 Å². The van der Waals surface area contributed by atoms with Gasteiger partial charge in [-0.3, -0.25) is 0 Å². The Kier molecular flexibility index (Phi) is 12.9. The molecule has 0 N–H and O–H groups in total. The van der Waals surface area contributed by atoms with Crippen molar-refractivity contribution in [1.82, 2.24) is 18.3 Å². The summed E-state index contributed by atoms with van der Waals surface area (Å²) in [6, 6.07) is 85.6. The summed E-state index contributed by atoms with van der Waals surface area (Å²) in [4.78, 5) is 0. The van der Waals surface area contributed by atoms with Crippen LogP contribution in [0.1, 0.15) is 44.5 Å². The summed E-state index contributed by atoms with van der Waals surface area (Å²) in [5, 5.41) is 38.7. The largest absolute Gasteiger partial charge is 0.417 e. The van der Waals surface area contributed by atoms with E-state index in [1.807, 2.05) is 109 Å². The van der Waals surface area contributed by atoms with Gasteiger partial charge in [0.2, 0.25) is 0 Å². The SMILES string of the molecule is Cc1cccc2c1c1ccccc1n2-c1cc(-c2cccc(C#N)c2)c(C(F)(F)F)cc1-n1c2ccccc2c2c(C)cccc21.Cc1cccc2c1c1ccccc1n2-c1cc(C#N)c(-c2cccc(C#N)c2)cc1-n1c2ccccc2c2c(C)cccc21. The summed E-state index contributed by atoms with van der Waals surface area (Å²) < 4.78 is 54.2. The van der Waals surface area contributed by atoms with Gasteiger partial charge < -0.3 is 18.3 Å². The third kappa shape index (κ3) is 8.55. The first kappa shape index (κ1) is 54.7. The fraction of sp³-hybridized carbons (Fsp3) is 0.0625. The van der Waals surface area contributed by atoms with Crippen LogP contribution in [0.2, 0.25) is 0 Å². The highest BCUT2D eigenvalue weighted by molar-refractivity contribution is 6.15. The molecule has 0 atom stereocenters. The molecule has 0 bridgehead atoms. The minimum Gasteiger partial charge on any atom is -0.307 e. The van der Waals surface area contributed by atoms with Gasteiger partial charge >= 0.3 is 6.18 Å². The zero-order valence-corrected chi connectivity index (χ0v) is 49.4. The van der Waals surface area contributed by atoms with E-state index in [1.54, 1.807) is 30.3 Å². The van der Waals surface area contributed by atoms with Crippen LogP contribution in [0.25, 0.3) is 132 Å². The van der Waals surface area contributed by atoms with Gasteiger partial charge in [0.15, 0.2) is 0 Å². The van der Waals surface area contributed by atoms with Crippen molar-refractivity contribution in [3.05, 3.63) is 287 Å². The van der Waals surface area contributed by atoms with Gasteiger partial charge in [-0.15, -0.1) is 0 Å². The molecule has 0 fully saturated rings. The van der Waals surface area contributed by atoms with E-state index in [2.05, 4.69) is 156 Å². The maximum Gasteiger partial charge on any atom is 0.417 e. The normalized spacial score (nSPS) is 11.7. The number of benzene rings is 12. The van der Waals surface area contributed by atoms with E-state index in [9.17, 15) is 15.8 Å². The molecule has 12 aromatic carbocycles. The standard InChI is InChI=1S/C40H26F3N3.C40H26N4/c1-24-10-7-18-34-38(24)28-14-3-5-16-32(28)45(34)36-21-30(27-13-9-12-26(20-27)23-44)31(40(41,42)43)22-37(36)46-33-17-6-4-15-29(33)39-25(2)11-8-19-35(39)46;1-25-10-7-18-35-39(25)30-14-3-5-16-33(30)43(35)37-21-29(24-42)32(28-13-9-12-27(20-28)23-41)22-38(37)44-34-17-6-4-15-31(34)40-26(2)11-8-19-36(40)44/h3-22H,1-2H3;3-22H,1-2H3. The molecule has 16 rings (SSSR count). The fourth-order valence-electron chi connectivity index (χ4n) is 14.0. The lowest BCUT2D eigenvalue weighted by Gasteiger charge is -2.22. The zero-order chi connectivity index (χ0) is 61.7. The van der Waals surface area contributed by atoms with E-state index < -0.39 is 11.7 Å². The lowest BCUT2D eigenvalue weighted by Crippen LogP contribution is -2.12. The van der Waals surface area contributed by atoms with Gasteiger partial charge in [-0.1, -0.05) is 146 Å². The summed E-state index contributed by atoms with van der Waals surface area (Å²) in [6.45, 7) is 8.40. The Balaban J connectivity index is 0.000000150. The first-order valence-corrected chi connectivity index (χ1v) is 29.7. The number of rotatable bonds is 6. The lowest BCUT2D eigenvalue weighted by molar-refractivity contribution is -0.137. The summed E-state index contributed by atoms with van der Waals surface area (Å²) in [7, 11) is 0. The highest BCUT2D eigenvalue weighted by Gasteiger charge is 2.36. The lowest BCUT2D eigenvalue weighted by atomic mass is 9.95. The molecule has 4 aromatic heterocycles. The number of hydrogen-bond acceptors (Lipinski definition) is 3. The van der Waals surface area contributed by atoms with Crippen LogP contribution in [0, 0.1) is 61.7 Å². The van der Waals surface area contributed by atoms with Gasteiger partial charge in [-0.25, -0.2) is 0 Å². The molecule has 0 saturated carbocycles. The third-order valence-electron chi connectivity index (χ3n) is 17.8. The number of para-hydroxylation sites is 4. The molecule has 0 aliphatic carbocycles. The Morgan fingerprint density at radius 2 is 0.600 bits per heavy atom. The molecule has 90 heavy (non-hydrogen) atoms. The van der Waals surface area contributed by atoms with Crippen LogP contribution in [0.3, 0.4) is 0 Å². The highest BCUT2D eigenvalue weighted by atomic mass is 19.4. The Labute approximate surface area is 516 Å². The van der Waals surface area contributed by atoms with Crippen molar-refractivity contribution in [3.63, 3.8) is 0 Å². The fourth-order valence-corrected chi connectivity index (χ4v) is 14.0. The number of alkyl halides is 3. The number of nitrogens with zero attached hydrogens (tertiary/aromatic N) is 7. The average Bonchev–Trinajstić information content (AvgIpc) is 1.54. The van der Waals surface area contributed by atoms with Crippen molar-refractivity contribution in [2.75, 3.05) is 0 Å². The van der Waals surface area contributed by atoms with E-state index in [1.165, 1.54) is 44.8 Å². The van der Waals surface area contributed by atoms with Crippen LogP contribution >= 0.6 is 0 Å². The van der Waals surface area contributed by atoms with Crippen LogP contribution in [0.5, 0.6) is 0 Å². The monoisotopic (exact) mass is 1170 g/mol.